The Bertz CT molecular complexity index is 729. The lowest BCUT2D eigenvalue weighted by Crippen LogP contribution is -2.20. The summed E-state index contributed by atoms with van der Waals surface area (Å²) in [6.07, 6.45) is 0. The molecule has 0 aliphatic carbocycles. The number of carbonyl (C=O) groups excluding carboxylic acids is 1. The van der Waals surface area contributed by atoms with Crippen LogP contribution < -0.4 is 10.1 Å². The van der Waals surface area contributed by atoms with Crippen molar-refractivity contribution in [3.63, 3.8) is 0 Å². The van der Waals surface area contributed by atoms with Gasteiger partial charge in [-0.25, -0.2) is 0 Å². The van der Waals surface area contributed by atoms with E-state index < -0.39 is 4.92 Å². The van der Waals surface area contributed by atoms with E-state index in [2.05, 4.69) is 26.3 Å². The van der Waals surface area contributed by atoms with Crippen molar-refractivity contribution >= 4 is 33.3 Å². The fourth-order valence-corrected chi connectivity index (χ4v) is 2.25. The molecule has 1 aromatic heterocycles. The number of nitrogens with one attached hydrogen (secondary N) is 1. The molecule has 0 spiro atoms. The first-order chi connectivity index (χ1) is 10.4. The number of nitrogens with zero attached hydrogens (tertiary/aromatic N) is 3. The molecule has 1 heterocycles. The molecular formula is C13H13BrN4O4. The van der Waals surface area contributed by atoms with Gasteiger partial charge in [0.05, 0.1) is 17.9 Å². The smallest absolute Gasteiger partial charge is 0.404 e. The molecule has 9 heteroatoms. The normalized spacial score (nSPS) is 10.3. The molecule has 1 aromatic carbocycles. The first-order valence-electron chi connectivity index (χ1n) is 6.23. The zero-order valence-electron chi connectivity index (χ0n) is 11.9. The van der Waals surface area contributed by atoms with E-state index in [9.17, 15) is 14.9 Å². The van der Waals surface area contributed by atoms with Crippen molar-refractivity contribution in [3.8, 4) is 5.75 Å². The van der Waals surface area contributed by atoms with Crippen molar-refractivity contribution in [2.45, 2.75) is 13.5 Å². The summed E-state index contributed by atoms with van der Waals surface area (Å²) in [6, 6.07) is 6.89. The number of nitro groups is 1. The predicted octanol–water partition coefficient (Wildman–Crippen LogP) is 2.51. The molecule has 2 rings (SSSR count). The van der Waals surface area contributed by atoms with E-state index in [0.29, 0.717) is 17.1 Å². The lowest BCUT2D eigenvalue weighted by atomic mass is 10.3. The van der Waals surface area contributed by atoms with Crippen LogP contribution in [0, 0.1) is 17.0 Å². The van der Waals surface area contributed by atoms with E-state index in [4.69, 9.17) is 4.74 Å². The van der Waals surface area contributed by atoms with E-state index in [1.54, 1.807) is 31.2 Å². The van der Waals surface area contributed by atoms with Crippen LogP contribution in [-0.2, 0) is 11.3 Å². The minimum absolute atomic E-state index is 0.129. The predicted molar refractivity (Wildman–Crippen MR) is 82.9 cm³/mol. The molecule has 22 heavy (non-hydrogen) atoms. The van der Waals surface area contributed by atoms with Gasteiger partial charge in [-0.05, 0) is 39.9 Å². The number of halogens is 1. The molecule has 1 N–H and O–H groups in total. The Kier molecular flexibility index (Phi) is 4.76. The largest absolute Gasteiger partial charge is 0.497 e. The third-order valence-electron chi connectivity index (χ3n) is 2.94. The molecule has 0 bridgehead atoms. The third-order valence-corrected chi connectivity index (χ3v) is 3.86. The lowest BCUT2D eigenvalue weighted by Gasteiger charge is -2.06. The molecule has 1 amide bonds. The Balaban J connectivity index is 2.12. The third kappa shape index (κ3) is 3.42. The van der Waals surface area contributed by atoms with Gasteiger partial charge in [-0.15, -0.1) is 0 Å². The van der Waals surface area contributed by atoms with Crippen molar-refractivity contribution in [3.05, 3.63) is 44.5 Å². The van der Waals surface area contributed by atoms with Crippen molar-refractivity contribution in [1.29, 1.82) is 0 Å². The second kappa shape index (κ2) is 6.56. The summed E-state index contributed by atoms with van der Waals surface area (Å²) in [7, 11) is 1.53. The summed E-state index contributed by atoms with van der Waals surface area (Å²) in [6.45, 7) is 1.51. The van der Waals surface area contributed by atoms with Crippen LogP contribution in [0.3, 0.4) is 0 Å². The summed E-state index contributed by atoms with van der Waals surface area (Å²) >= 11 is 3.10. The zero-order valence-corrected chi connectivity index (χ0v) is 13.5. The van der Waals surface area contributed by atoms with Gasteiger partial charge in [-0.1, -0.05) is 6.07 Å². The molecule has 0 unspecified atom stereocenters. The van der Waals surface area contributed by atoms with Gasteiger partial charge >= 0.3 is 5.82 Å². The Morgan fingerprint density at radius 1 is 1.55 bits per heavy atom. The Labute approximate surface area is 134 Å². The van der Waals surface area contributed by atoms with E-state index in [1.165, 1.54) is 11.8 Å². The number of amides is 1. The highest BCUT2D eigenvalue weighted by molar-refractivity contribution is 9.10. The molecule has 8 nitrogen and oxygen atoms in total. The maximum absolute atomic E-state index is 12.0. The van der Waals surface area contributed by atoms with Crippen LogP contribution in [-0.4, -0.2) is 27.7 Å². The number of rotatable bonds is 5. The van der Waals surface area contributed by atoms with Crippen molar-refractivity contribution in [2.75, 3.05) is 12.4 Å². The minimum Gasteiger partial charge on any atom is -0.497 e. The number of anilines is 1. The van der Waals surface area contributed by atoms with Gasteiger partial charge < -0.3 is 20.2 Å². The van der Waals surface area contributed by atoms with E-state index in [-0.39, 0.29) is 22.7 Å². The van der Waals surface area contributed by atoms with Crippen molar-refractivity contribution in [2.24, 2.45) is 0 Å². The average molecular weight is 369 g/mol. The van der Waals surface area contributed by atoms with Crippen LogP contribution in [0.1, 0.15) is 5.69 Å². The lowest BCUT2D eigenvalue weighted by molar-refractivity contribution is -0.390. The molecule has 0 radical (unpaired) electrons. The fraction of sp³-hybridized carbons (Fsp3) is 0.231. The van der Waals surface area contributed by atoms with Gasteiger partial charge in [0.2, 0.25) is 5.91 Å². The summed E-state index contributed by atoms with van der Waals surface area (Å²) in [5.41, 5.74) is 1.08. The number of hydrogen-bond acceptors (Lipinski definition) is 5. The second-order valence-corrected chi connectivity index (χ2v) is 5.21. The molecule has 0 aliphatic heterocycles. The molecule has 116 valence electrons. The minimum atomic E-state index is -0.604. The Morgan fingerprint density at radius 3 is 2.86 bits per heavy atom. The summed E-state index contributed by atoms with van der Waals surface area (Å²) in [5, 5.41) is 17.3. The number of carbonyl (C=O) groups is 1. The highest BCUT2D eigenvalue weighted by atomic mass is 79.9. The summed E-state index contributed by atoms with van der Waals surface area (Å²) in [4.78, 5) is 22.2. The highest BCUT2D eigenvalue weighted by Gasteiger charge is 2.24. The topological polar surface area (TPSA) is 99.3 Å². The van der Waals surface area contributed by atoms with Gasteiger partial charge in [0.25, 0.3) is 0 Å². The van der Waals surface area contributed by atoms with E-state index in [0.717, 1.165) is 0 Å². The molecule has 0 fully saturated rings. The van der Waals surface area contributed by atoms with Gasteiger partial charge in [-0.3, -0.25) is 4.79 Å². The van der Waals surface area contributed by atoms with E-state index in [1.807, 2.05) is 0 Å². The molecule has 0 saturated carbocycles. The van der Waals surface area contributed by atoms with E-state index >= 15 is 0 Å². The number of aromatic nitrogens is 2. The number of methoxy groups -OCH3 is 1. The van der Waals surface area contributed by atoms with Gasteiger partial charge in [0, 0.05) is 11.8 Å². The quantitative estimate of drug-likeness (QED) is 0.645. The fourth-order valence-electron chi connectivity index (χ4n) is 1.82. The van der Waals surface area contributed by atoms with Crippen molar-refractivity contribution < 1.29 is 14.5 Å². The van der Waals surface area contributed by atoms with Gasteiger partial charge in [0.1, 0.15) is 16.8 Å². The van der Waals surface area contributed by atoms with Crippen LogP contribution in [0.4, 0.5) is 11.5 Å². The van der Waals surface area contributed by atoms with Crippen LogP contribution >= 0.6 is 15.9 Å². The Morgan fingerprint density at radius 2 is 2.27 bits per heavy atom. The zero-order chi connectivity index (χ0) is 16.3. The number of benzene rings is 1. The molecule has 0 saturated heterocycles. The second-order valence-electron chi connectivity index (χ2n) is 4.42. The van der Waals surface area contributed by atoms with Gasteiger partial charge in [0.15, 0.2) is 0 Å². The number of hydrogen-bond donors (Lipinski definition) is 1. The molecule has 0 aliphatic rings. The molecule has 2 aromatic rings. The van der Waals surface area contributed by atoms with Crippen molar-refractivity contribution in [1.82, 2.24) is 9.78 Å². The first kappa shape index (κ1) is 16.0. The standard InChI is InChI=1S/C13H13BrN4O4/c1-8-12(14)13(18(20)21)16-17(8)7-11(19)15-9-4-3-5-10(6-9)22-2/h3-6H,7H2,1-2H3,(H,15,19). The molecular weight excluding hydrogens is 356 g/mol. The average Bonchev–Trinajstić information content (AvgIpc) is 2.76. The maximum atomic E-state index is 12.0. The monoisotopic (exact) mass is 368 g/mol. The Hall–Kier alpha value is -2.42. The molecule has 0 atom stereocenters. The first-order valence-corrected chi connectivity index (χ1v) is 7.03. The highest BCUT2D eigenvalue weighted by Crippen LogP contribution is 2.27. The van der Waals surface area contributed by atoms with Gasteiger partial charge in [-0.2, -0.15) is 4.68 Å². The van der Waals surface area contributed by atoms with Crippen LogP contribution in [0.15, 0.2) is 28.7 Å². The summed E-state index contributed by atoms with van der Waals surface area (Å²) < 4.78 is 6.61. The summed E-state index contributed by atoms with van der Waals surface area (Å²) in [5.74, 6) is -0.0422. The van der Waals surface area contributed by atoms with Crippen LogP contribution in [0.5, 0.6) is 5.75 Å². The maximum Gasteiger partial charge on any atom is 0.404 e. The van der Waals surface area contributed by atoms with Crippen LogP contribution in [0.25, 0.3) is 0 Å². The SMILES string of the molecule is COc1cccc(NC(=O)Cn2nc([N+](=O)[O-])c(Br)c2C)c1. The number of ether oxygens (including phenoxy) is 1. The van der Waals surface area contributed by atoms with Crippen LogP contribution in [0.2, 0.25) is 0 Å².